The van der Waals surface area contributed by atoms with E-state index in [2.05, 4.69) is 10.6 Å². The molecule has 0 bridgehead atoms. The number of carboxylic acids is 2. The molecule has 12 nitrogen and oxygen atoms in total. The number of carboxylic acid groups (broad SMARTS) is 2. The Morgan fingerprint density at radius 3 is 2.27 bits per heavy atom. The predicted molar refractivity (Wildman–Crippen MR) is 84.6 cm³/mol. The van der Waals surface area contributed by atoms with Gasteiger partial charge >= 0.3 is 11.9 Å². The Morgan fingerprint density at radius 1 is 1.12 bits per heavy atom. The zero-order chi connectivity index (χ0) is 19.9. The van der Waals surface area contributed by atoms with E-state index >= 15 is 0 Å². The molecule has 0 radical (unpaired) electrons. The first-order valence-corrected chi connectivity index (χ1v) is 7.87. The molecule has 0 saturated carbocycles. The van der Waals surface area contributed by atoms with Crippen LogP contribution < -0.4 is 16.4 Å². The zero-order valence-electron chi connectivity index (χ0n) is 13.9. The van der Waals surface area contributed by atoms with E-state index in [1.165, 1.54) is 0 Å². The second-order valence-corrected chi connectivity index (χ2v) is 5.69. The maximum absolute atomic E-state index is 12.5. The Hall–Kier alpha value is -2.73. The highest BCUT2D eigenvalue weighted by atomic mass is 16.4. The fourth-order valence-corrected chi connectivity index (χ4v) is 2.58. The third kappa shape index (κ3) is 5.67. The van der Waals surface area contributed by atoms with E-state index in [0.717, 1.165) is 4.90 Å². The molecule has 1 aliphatic heterocycles. The topological polar surface area (TPSA) is 199 Å². The number of amides is 3. The minimum absolute atomic E-state index is 0.169. The van der Waals surface area contributed by atoms with Gasteiger partial charge in [0.1, 0.15) is 18.1 Å². The normalized spacial score (nSPS) is 18.7. The molecule has 146 valence electrons. The highest BCUT2D eigenvalue weighted by Gasteiger charge is 2.38. The zero-order valence-corrected chi connectivity index (χ0v) is 13.9. The van der Waals surface area contributed by atoms with Crippen molar-refractivity contribution in [1.29, 1.82) is 0 Å². The van der Waals surface area contributed by atoms with Crippen LogP contribution in [0.2, 0.25) is 0 Å². The van der Waals surface area contributed by atoms with Crippen molar-refractivity contribution < 1.29 is 39.3 Å². The first-order chi connectivity index (χ1) is 12.2. The lowest BCUT2D eigenvalue weighted by Gasteiger charge is -2.28. The van der Waals surface area contributed by atoms with Crippen molar-refractivity contribution >= 4 is 29.7 Å². The highest BCUT2D eigenvalue weighted by molar-refractivity contribution is 5.94. The number of nitrogens with zero attached hydrogens (tertiary/aromatic N) is 1. The number of hydrogen-bond donors (Lipinski definition) is 6. The average Bonchev–Trinajstić information content (AvgIpc) is 3.07. The van der Waals surface area contributed by atoms with E-state index in [1.54, 1.807) is 0 Å². The first kappa shape index (κ1) is 21.3. The molecule has 0 spiro atoms. The molecule has 3 atom stereocenters. The number of hydrogen-bond acceptors (Lipinski definition) is 7. The second-order valence-electron chi connectivity index (χ2n) is 5.69. The van der Waals surface area contributed by atoms with Crippen LogP contribution in [0.15, 0.2) is 0 Å². The summed E-state index contributed by atoms with van der Waals surface area (Å²) in [5.41, 5.74) is 5.14. The van der Waals surface area contributed by atoms with Gasteiger partial charge in [0.15, 0.2) is 0 Å². The molecule has 3 amide bonds. The number of nitrogens with two attached hydrogens (primary N) is 1. The van der Waals surface area contributed by atoms with E-state index in [-0.39, 0.29) is 19.5 Å². The lowest BCUT2D eigenvalue weighted by Crippen LogP contribution is -2.56. The smallest absolute Gasteiger partial charge is 0.326 e. The number of nitrogens with one attached hydrogen (secondary N) is 2. The summed E-state index contributed by atoms with van der Waals surface area (Å²) in [6, 6.07) is -3.95. The predicted octanol–water partition coefficient (Wildman–Crippen LogP) is -3.54. The number of aliphatic hydroxyl groups excluding tert-OH is 1. The van der Waals surface area contributed by atoms with Gasteiger partial charge in [0.05, 0.1) is 19.6 Å². The van der Waals surface area contributed by atoms with E-state index in [9.17, 15) is 29.1 Å². The molecular formula is C14H22N4O8. The quantitative estimate of drug-likeness (QED) is 0.236. The standard InChI is InChI=1S/C14H22N4O8/c15-5-10(20)16-8(6-19)13(24)18-3-1-2-9(18)12(23)17-7(14(25)26)4-11(21)22/h7-9,19H,1-6,15H2,(H,16,20)(H,17,23)(H,21,22)(H,25,26). The van der Waals surface area contributed by atoms with Gasteiger partial charge in [0.2, 0.25) is 17.7 Å². The highest BCUT2D eigenvalue weighted by Crippen LogP contribution is 2.19. The number of aliphatic hydroxyl groups is 1. The van der Waals surface area contributed by atoms with Crippen LogP contribution in [0, 0.1) is 0 Å². The van der Waals surface area contributed by atoms with Crippen LogP contribution >= 0.6 is 0 Å². The van der Waals surface area contributed by atoms with Crippen molar-refractivity contribution in [2.45, 2.75) is 37.4 Å². The van der Waals surface area contributed by atoms with Crippen molar-refractivity contribution in [2.75, 3.05) is 19.7 Å². The maximum Gasteiger partial charge on any atom is 0.326 e. The van der Waals surface area contributed by atoms with Crippen LogP contribution in [-0.4, -0.2) is 87.7 Å². The summed E-state index contributed by atoms with van der Waals surface area (Å²) >= 11 is 0. The van der Waals surface area contributed by atoms with Crippen molar-refractivity contribution in [1.82, 2.24) is 15.5 Å². The van der Waals surface area contributed by atoms with Crippen LogP contribution in [0.3, 0.4) is 0 Å². The van der Waals surface area contributed by atoms with Crippen LogP contribution in [0.1, 0.15) is 19.3 Å². The van der Waals surface area contributed by atoms with Crippen molar-refractivity contribution in [3.05, 3.63) is 0 Å². The molecule has 26 heavy (non-hydrogen) atoms. The second kappa shape index (κ2) is 9.68. The van der Waals surface area contributed by atoms with Gasteiger partial charge in [-0.2, -0.15) is 0 Å². The van der Waals surface area contributed by atoms with Gasteiger partial charge in [0.25, 0.3) is 0 Å². The molecule has 12 heteroatoms. The molecule has 3 unspecified atom stereocenters. The molecule has 1 aliphatic rings. The maximum atomic E-state index is 12.5. The minimum Gasteiger partial charge on any atom is -0.481 e. The molecule has 0 aromatic rings. The fourth-order valence-electron chi connectivity index (χ4n) is 2.58. The van der Waals surface area contributed by atoms with Crippen molar-refractivity contribution in [2.24, 2.45) is 5.73 Å². The molecule has 1 fully saturated rings. The van der Waals surface area contributed by atoms with Gasteiger partial charge in [-0.1, -0.05) is 0 Å². The Morgan fingerprint density at radius 2 is 1.77 bits per heavy atom. The van der Waals surface area contributed by atoms with Crippen LogP contribution in [0.4, 0.5) is 0 Å². The summed E-state index contributed by atoms with van der Waals surface area (Å²) in [4.78, 5) is 59.0. The Labute approximate surface area is 148 Å². The number of carbonyl (C=O) groups excluding carboxylic acids is 3. The third-order valence-electron chi connectivity index (χ3n) is 3.83. The molecular weight excluding hydrogens is 352 g/mol. The van der Waals surface area contributed by atoms with Crippen molar-refractivity contribution in [3.8, 4) is 0 Å². The molecule has 1 heterocycles. The summed E-state index contributed by atoms with van der Waals surface area (Å²) in [7, 11) is 0. The molecule has 1 saturated heterocycles. The molecule has 0 aromatic carbocycles. The van der Waals surface area contributed by atoms with Crippen LogP contribution in [0.25, 0.3) is 0 Å². The summed E-state index contributed by atoms with van der Waals surface area (Å²) in [6.07, 6.45) is -0.128. The Balaban J connectivity index is 2.83. The summed E-state index contributed by atoms with van der Waals surface area (Å²) in [5, 5.41) is 31.3. The summed E-state index contributed by atoms with van der Waals surface area (Å²) in [6.45, 7) is -0.919. The third-order valence-corrected chi connectivity index (χ3v) is 3.83. The van der Waals surface area contributed by atoms with Crippen LogP contribution in [-0.2, 0) is 24.0 Å². The molecule has 0 aliphatic carbocycles. The number of rotatable bonds is 9. The monoisotopic (exact) mass is 374 g/mol. The molecule has 0 aromatic heterocycles. The van der Waals surface area contributed by atoms with Crippen LogP contribution in [0.5, 0.6) is 0 Å². The molecule has 1 rings (SSSR count). The lowest BCUT2D eigenvalue weighted by molar-refractivity contribution is -0.148. The number of carbonyl (C=O) groups is 5. The van der Waals surface area contributed by atoms with Crippen molar-refractivity contribution in [3.63, 3.8) is 0 Å². The lowest BCUT2D eigenvalue weighted by atomic mass is 10.1. The Bertz CT molecular complexity index is 581. The number of likely N-dealkylation sites (tertiary alicyclic amines) is 1. The van der Waals surface area contributed by atoms with E-state index in [1.807, 2.05) is 0 Å². The van der Waals surface area contributed by atoms with Gasteiger partial charge < -0.3 is 36.6 Å². The van der Waals surface area contributed by atoms with Gasteiger partial charge in [-0.05, 0) is 12.8 Å². The average molecular weight is 374 g/mol. The van der Waals surface area contributed by atoms with Gasteiger partial charge in [0, 0.05) is 6.54 Å². The van der Waals surface area contributed by atoms with Gasteiger partial charge in [-0.3, -0.25) is 19.2 Å². The van der Waals surface area contributed by atoms with Gasteiger partial charge in [-0.15, -0.1) is 0 Å². The fraction of sp³-hybridized carbons (Fsp3) is 0.643. The summed E-state index contributed by atoms with van der Waals surface area (Å²) in [5.74, 6) is -5.10. The van der Waals surface area contributed by atoms with E-state index in [4.69, 9.17) is 15.9 Å². The minimum atomic E-state index is -1.64. The van der Waals surface area contributed by atoms with E-state index in [0.29, 0.717) is 6.42 Å². The van der Waals surface area contributed by atoms with E-state index < -0.39 is 60.8 Å². The largest absolute Gasteiger partial charge is 0.481 e. The summed E-state index contributed by atoms with van der Waals surface area (Å²) < 4.78 is 0. The van der Waals surface area contributed by atoms with Gasteiger partial charge in [-0.25, -0.2) is 4.79 Å². The molecule has 7 N–H and O–H groups in total. The first-order valence-electron chi connectivity index (χ1n) is 7.87. The SMILES string of the molecule is NCC(=O)NC(CO)C(=O)N1CCCC1C(=O)NC(CC(=O)O)C(=O)O. The number of aliphatic carboxylic acids is 2. The Kier molecular flexibility index (Phi) is 7.93.